The van der Waals surface area contributed by atoms with E-state index >= 15 is 0 Å². The van der Waals surface area contributed by atoms with Gasteiger partial charge in [-0.1, -0.05) is 41.4 Å². The van der Waals surface area contributed by atoms with Crippen molar-refractivity contribution in [1.29, 1.82) is 5.41 Å². The Hall–Kier alpha value is -2.63. The summed E-state index contributed by atoms with van der Waals surface area (Å²) in [6.45, 7) is 4.35. The third kappa shape index (κ3) is 3.24. The molecule has 1 aliphatic heterocycles. The van der Waals surface area contributed by atoms with E-state index in [-0.39, 0.29) is 18.1 Å². The number of aliphatic hydroxyl groups excluding tert-OH is 1. The van der Waals surface area contributed by atoms with Crippen LogP contribution in [-0.2, 0) is 0 Å². The predicted molar refractivity (Wildman–Crippen MR) is 113 cm³/mol. The molecule has 0 unspecified atom stereocenters. The van der Waals surface area contributed by atoms with Crippen LogP contribution in [-0.4, -0.2) is 22.5 Å². The fraction of sp³-hybridized carbons (Fsp3) is 0.143. The van der Waals surface area contributed by atoms with E-state index in [0.29, 0.717) is 15.6 Å². The molecule has 0 saturated heterocycles. The van der Waals surface area contributed by atoms with Crippen LogP contribution in [0.25, 0.3) is 16.8 Å². The van der Waals surface area contributed by atoms with Gasteiger partial charge in [0.05, 0.1) is 17.8 Å². The monoisotopic (exact) mass is 395 g/mol. The van der Waals surface area contributed by atoms with Crippen molar-refractivity contribution < 1.29 is 5.11 Å². The van der Waals surface area contributed by atoms with Crippen LogP contribution < -0.4 is 4.90 Å². The molecule has 2 heterocycles. The molecule has 6 heteroatoms. The number of aromatic nitrogens is 1. The number of halogens is 1. The molecule has 0 saturated carbocycles. The minimum absolute atomic E-state index is 0.178. The zero-order valence-electron chi connectivity index (χ0n) is 15.0. The first-order valence-electron chi connectivity index (χ1n) is 8.51. The van der Waals surface area contributed by atoms with Gasteiger partial charge >= 0.3 is 0 Å². The molecule has 0 bridgehead atoms. The minimum Gasteiger partial charge on any atom is -0.510 e. The zero-order valence-corrected chi connectivity index (χ0v) is 16.5. The number of nitrogens with zero attached hydrogens (tertiary/aromatic N) is 2. The minimum atomic E-state index is 0.178. The fourth-order valence-electron chi connectivity index (χ4n) is 3.26. The maximum atomic E-state index is 10.6. The number of anilines is 1. The SMILES string of the molecule is Cc1ccc(N2CC(O)=C(c3nc(-c4ccc(Cl)cc4)cs3)C2=N)c(C)c1. The van der Waals surface area contributed by atoms with Crippen LogP contribution in [0.1, 0.15) is 16.1 Å². The quantitative estimate of drug-likeness (QED) is 0.585. The maximum Gasteiger partial charge on any atom is 0.139 e. The first-order valence-corrected chi connectivity index (χ1v) is 9.77. The average molecular weight is 396 g/mol. The summed E-state index contributed by atoms with van der Waals surface area (Å²) in [5.74, 6) is 0.452. The van der Waals surface area contributed by atoms with Crippen LogP contribution in [0.2, 0.25) is 5.02 Å². The lowest BCUT2D eigenvalue weighted by atomic mass is 10.1. The summed E-state index contributed by atoms with van der Waals surface area (Å²) in [7, 11) is 0. The van der Waals surface area contributed by atoms with Crippen LogP contribution in [0.15, 0.2) is 53.6 Å². The molecule has 0 spiro atoms. The molecule has 4 rings (SSSR count). The Morgan fingerprint density at radius 2 is 1.89 bits per heavy atom. The summed E-state index contributed by atoms with van der Waals surface area (Å²) in [6.07, 6.45) is 0. The van der Waals surface area contributed by atoms with E-state index in [0.717, 1.165) is 22.5 Å². The number of hydrogen-bond acceptors (Lipinski definition) is 4. The standard InChI is InChI=1S/C21H18ClN3OS/c1-12-3-8-17(13(2)9-12)25-10-18(26)19(20(25)23)21-24-16(11-27-21)14-4-6-15(22)7-5-14/h3-9,11,23,26H,10H2,1-2H3. The zero-order chi connectivity index (χ0) is 19.1. The van der Waals surface area contributed by atoms with E-state index in [1.165, 1.54) is 16.9 Å². The molecule has 1 aromatic heterocycles. The number of amidine groups is 1. The van der Waals surface area contributed by atoms with Crippen LogP contribution in [0.5, 0.6) is 0 Å². The fourth-order valence-corrected chi connectivity index (χ4v) is 4.28. The van der Waals surface area contributed by atoms with Crippen molar-refractivity contribution in [3.8, 4) is 11.3 Å². The molecule has 2 N–H and O–H groups in total. The number of aliphatic hydroxyl groups is 1. The van der Waals surface area contributed by atoms with Crippen LogP contribution in [0.3, 0.4) is 0 Å². The number of rotatable bonds is 3. The van der Waals surface area contributed by atoms with E-state index < -0.39 is 0 Å². The average Bonchev–Trinajstić information content (AvgIpc) is 3.20. The Balaban J connectivity index is 1.65. The number of hydrogen-bond donors (Lipinski definition) is 2. The van der Waals surface area contributed by atoms with Crippen molar-refractivity contribution >= 4 is 40.0 Å². The molecule has 3 aromatic rings. The second kappa shape index (κ2) is 6.83. The molecule has 0 atom stereocenters. The maximum absolute atomic E-state index is 10.6. The van der Waals surface area contributed by atoms with Gasteiger partial charge in [0.2, 0.25) is 0 Å². The van der Waals surface area contributed by atoms with Crippen LogP contribution in [0, 0.1) is 19.3 Å². The lowest BCUT2D eigenvalue weighted by Gasteiger charge is -2.21. The van der Waals surface area contributed by atoms with Gasteiger partial charge in [0.15, 0.2) is 0 Å². The molecule has 0 fully saturated rings. The van der Waals surface area contributed by atoms with E-state index in [1.54, 1.807) is 0 Å². The Bertz CT molecular complexity index is 1070. The van der Waals surface area contributed by atoms with Crippen molar-refractivity contribution in [2.24, 2.45) is 0 Å². The second-order valence-electron chi connectivity index (χ2n) is 6.59. The number of benzene rings is 2. The molecule has 4 nitrogen and oxygen atoms in total. The number of aryl methyl sites for hydroxylation is 2. The Labute approximate surface area is 166 Å². The normalized spacial score (nSPS) is 14.3. The smallest absolute Gasteiger partial charge is 0.139 e. The lowest BCUT2D eigenvalue weighted by Crippen LogP contribution is -2.26. The largest absolute Gasteiger partial charge is 0.510 e. The molecule has 0 radical (unpaired) electrons. The van der Waals surface area contributed by atoms with E-state index in [2.05, 4.69) is 11.1 Å². The van der Waals surface area contributed by atoms with Gasteiger partial charge in [-0.3, -0.25) is 5.41 Å². The van der Waals surface area contributed by atoms with Crippen molar-refractivity contribution in [2.45, 2.75) is 13.8 Å². The lowest BCUT2D eigenvalue weighted by molar-refractivity contribution is 0.411. The molecule has 1 aliphatic rings. The highest BCUT2D eigenvalue weighted by Gasteiger charge is 2.31. The molecule has 136 valence electrons. The van der Waals surface area contributed by atoms with Gasteiger partial charge in [0.25, 0.3) is 0 Å². The highest BCUT2D eigenvalue weighted by Crippen LogP contribution is 2.35. The van der Waals surface area contributed by atoms with E-state index in [1.807, 2.05) is 60.5 Å². The van der Waals surface area contributed by atoms with Gasteiger partial charge in [-0.25, -0.2) is 4.98 Å². The first-order chi connectivity index (χ1) is 12.9. The van der Waals surface area contributed by atoms with Crippen molar-refractivity contribution in [1.82, 2.24) is 4.98 Å². The second-order valence-corrected chi connectivity index (χ2v) is 7.89. The molecule has 0 amide bonds. The summed E-state index contributed by atoms with van der Waals surface area (Å²) in [4.78, 5) is 6.47. The van der Waals surface area contributed by atoms with Gasteiger partial charge in [-0.05, 0) is 37.6 Å². The van der Waals surface area contributed by atoms with E-state index in [4.69, 9.17) is 17.0 Å². The van der Waals surface area contributed by atoms with Crippen molar-refractivity contribution in [3.63, 3.8) is 0 Å². The topological polar surface area (TPSA) is 60.2 Å². The Morgan fingerprint density at radius 1 is 1.15 bits per heavy atom. The first kappa shape index (κ1) is 17.8. The van der Waals surface area contributed by atoms with Gasteiger partial charge in [0, 0.05) is 21.7 Å². The van der Waals surface area contributed by atoms with Crippen LogP contribution in [0.4, 0.5) is 5.69 Å². The van der Waals surface area contributed by atoms with E-state index in [9.17, 15) is 5.11 Å². The predicted octanol–water partition coefficient (Wildman–Crippen LogP) is 5.85. The summed E-state index contributed by atoms with van der Waals surface area (Å²) < 4.78 is 0. The highest BCUT2D eigenvalue weighted by atomic mass is 35.5. The molecular weight excluding hydrogens is 378 g/mol. The molecule has 0 aliphatic carbocycles. The highest BCUT2D eigenvalue weighted by molar-refractivity contribution is 7.11. The Morgan fingerprint density at radius 3 is 2.59 bits per heavy atom. The Kier molecular flexibility index (Phi) is 4.50. The number of thiazole rings is 1. The van der Waals surface area contributed by atoms with Gasteiger partial charge in [0.1, 0.15) is 16.6 Å². The summed E-state index contributed by atoms with van der Waals surface area (Å²) in [6, 6.07) is 13.6. The number of nitrogens with one attached hydrogen (secondary N) is 1. The van der Waals surface area contributed by atoms with Gasteiger partial charge < -0.3 is 10.0 Å². The van der Waals surface area contributed by atoms with Crippen molar-refractivity contribution in [2.75, 3.05) is 11.4 Å². The van der Waals surface area contributed by atoms with Crippen molar-refractivity contribution in [3.05, 3.63) is 74.8 Å². The van der Waals surface area contributed by atoms with Gasteiger partial charge in [-0.2, -0.15) is 0 Å². The molecule has 2 aromatic carbocycles. The van der Waals surface area contributed by atoms with Gasteiger partial charge in [-0.15, -0.1) is 11.3 Å². The van der Waals surface area contributed by atoms with Crippen LogP contribution >= 0.6 is 22.9 Å². The third-order valence-corrected chi connectivity index (χ3v) is 5.72. The summed E-state index contributed by atoms with van der Waals surface area (Å²) >= 11 is 7.38. The summed E-state index contributed by atoms with van der Waals surface area (Å²) in [5, 5.41) is 22.4. The molecule has 27 heavy (non-hydrogen) atoms. The molecular formula is C21H18ClN3OS. The summed E-state index contributed by atoms with van der Waals surface area (Å²) in [5.41, 5.74) is 5.45. The third-order valence-electron chi connectivity index (χ3n) is 4.60.